The van der Waals surface area contributed by atoms with Crippen LogP contribution >= 0.6 is 24.0 Å². The summed E-state index contributed by atoms with van der Waals surface area (Å²) in [4.78, 5) is 28.1. The number of carbonyl (C=O) groups is 2. The SMILES string of the molecule is COc1cc(C=C2SC(=S)N(C(C)c3ccccc3)C2=O)ccc1OC(=O)c1ccc(C(C)(C)C)cc1. The molecular weight excluding hydrogens is 502 g/mol. The third-order valence-electron chi connectivity index (χ3n) is 6.17. The third-order valence-corrected chi connectivity index (χ3v) is 7.50. The summed E-state index contributed by atoms with van der Waals surface area (Å²) in [6.07, 6.45) is 1.77. The quantitative estimate of drug-likeness (QED) is 0.145. The molecule has 0 aliphatic carbocycles. The maximum absolute atomic E-state index is 13.2. The van der Waals surface area contributed by atoms with Crippen molar-refractivity contribution in [3.8, 4) is 11.5 Å². The van der Waals surface area contributed by atoms with Crippen LogP contribution in [0.1, 0.15) is 60.8 Å². The first-order valence-corrected chi connectivity index (χ1v) is 13.1. The van der Waals surface area contributed by atoms with Gasteiger partial charge >= 0.3 is 5.97 Å². The Balaban J connectivity index is 1.51. The Kier molecular flexibility index (Phi) is 7.85. The van der Waals surface area contributed by atoms with Crippen molar-refractivity contribution in [2.24, 2.45) is 0 Å². The largest absolute Gasteiger partial charge is 0.493 e. The molecule has 1 heterocycles. The lowest BCUT2D eigenvalue weighted by molar-refractivity contribution is -0.123. The van der Waals surface area contributed by atoms with Crippen molar-refractivity contribution in [1.82, 2.24) is 4.90 Å². The molecule has 1 fully saturated rings. The summed E-state index contributed by atoms with van der Waals surface area (Å²) < 4.78 is 11.6. The number of thioether (sulfide) groups is 1. The van der Waals surface area contributed by atoms with Crippen molar-refractivity contribution in [3.63, 3.8) is 0 Å². The topological polar surface area (TPSA) is 55.8 Å². The van der Waals surface area contributed by atoms with Crippen LogP contribution in [0.3, 0.4) is 0 Å². The van der Waals surface area contributed by atoms with E-state index >= 15 is 0 Å². The smallest absolute Gasteiger partial charge is 0.343 e. The van der Waals surface area contributed by atoms with E-state index in [0.29, 0.717) is 26.3 Å². The predicted molar refractivity (Wildman–Crippen MR) is 153 cm³/mol. The van der Waals surface area contributed by atoms with E-state index in [1.807, 2.05) is 49.4 Å². The third kappa shape index (κ3) is 5.95. The second kappa shape index (κ2) is 10.9. The van der Waals surface area contributed by atoms with E-state index in [1.165, 1.54) is 18.9 Å². The minimum atomic E-state index is -0.470. The lowest BCUT2D eigenvalue weighted by Gasteiger charge is -2.23. The number of amides is 1. The zero-order valence-corrected chi connectivity index (χ0v) is 23.1. The molecule has 3 aromatic carbocycles. The number of thiocarbonyl (C=S) groups is 1. The average Bonchev–Trinajstić information content (AvgIpc) is 3.16. The molecule has 1 atom stereocenters. The maximum atomic E-state index is 13.2. The van der Waals surface area contributed by atoms with E-state index in [1.54, 1.807) is 41.3 Å². The maximum Gasteiger partial charge on any atom is 0.343 e. The number of rotatable bonds is 6. The van der Waals surface area contributed by atoms with E-state index in [0.717, 1.165) is 16.7 Å². The molecule has 4 rings (SSSR count). The second-order valence-electron chi connectivity index (χ2n) is 9.77. The second-order valence-corrected chi connectivity index (χ2v) is 11.4. The zero-order chi connectivity index (χ0) is 26.7. The minimum Gasteiger partial charge on any atom is -0.493 e. The van der Waals surface area contributed by atoms with Gasteiger partial charge in [0, 0.05) is 0 Å². The first kappa shape index (κ1) is 26.6. The molecule has 0 aromatic heterocycles. The molecule has 5 nitrogen and oxygen atoms in total. The minimum absolute atomic E-state index is 0.00462. The summed E-state index contributed by atoms with van der Waals surface area (Å²) in [5.41, 5.74) is 3.33. The lowest BCUT2D eigenvalue weighted by Crippen LogP contribution is -2.30. The van der Waals surface area contributed by atoms with Crippen LogP contribution in [0.15, 0.2) is 77.7 Å². The molecule has 1 unspecified atom stereocenters. The van der Waals surface area contributed by atoms with Crippen molar-refractivity contribution in [2.45, 2.75) is 39.2 Å². The normalized spacial score (nSPS) is 15.7. The monoisotopic (exact) mass is 531 g/mol. The Hall–Kier alpha value is -3.42. The molecular formula is C30H29NO4S2. The molecule has 0 bridgehead atoms. The highest BCUT2D eigenvalue weighted by Crippen LogP contribution is 2.39. The van der Waals surface area contributed by atoms with E-state index in [2.05, 4.69) is 20.8 Å². The molecule has 37 heavy (non-hydrogen) atoms. The van der Waals surface area contributed by atoms with Crippen LogP contribution < -0.4 is 9.47 Å². The van der Waals surface area contributed by atoms with Gasteiger partial charge in [-0.05, 0) is 59.4 Å². The molecule has 1 amide bonds. The van der Waals surface area contributed by atoms with Gasteiger partial charge < -0.3 is 9.47 Å². The molecule has 0 saturated carbocycles. The fraction of sp³-hybridized carbons (Fsp3) is 0.233. The molecule has 7 heteroatoms. The predicted octanol–water partition coefficient (Wildman–Crippen LogP) is 7.17. The Morgan fingerprint density at radius 3 is 2.30 bits per heavy atom. The van der Waals surface area contributed by atoms with Gasteiger partial charge in [-0.15, -0.1) is 0 Å². The summed E-state index contributed by atoms with van der Waals surface area (Å²) in [5, 5.41) is 0. The lowest BCUT2D eigenvalue weighted by atomic mass is 9.87. The number of nitrogens with zero attached hydrogens (tertiary/aromatic N) is 1. The van der Waals surface area contributed by atoms with Gasteiger partial charge in [0.15, 0.2) is 11.5 Å². The Morgan fingerprint density at radius 2 is 1.68 bits per heavy atom. The van der Waals surface area contributed by atoms with Crippen LogP contribution in [0.5, 0.6) is 11.5 Å². The fourth-order valence-electron chi connectivity index (χ4n) is 3.97. The highest BCUT2D eigenvalue weighted by atomic mass is 32.2. The van der Waals surface area contributed by atoms with E-state index in [9.17, 15) is 9.59 Å². The van der Waals surface area contributed by atoms with Gasteiger partial charge in [0.1, 0.15) is 4.32 Å². The summed E-state index contributed by atoms with van der Waals surface area (Å²) >= 11 is 6.79. The standard InChI is InChI=1S/C30H29NO4S2/c1-19(21-9-7-6-8-10-21)31-27(32)26(37-29(31)36)18-20-11-16-24(25(17-20)34-5)35-28(33)22-12-14-23(15-13-22)30(2,3)4/h6-19H,1-5H3. The Bertz CT molecular complexity index is 1360. The van der Waals surface area contributed by atoms with Crippen molar-refractivity contribution in [1.29, 1.82) is 0 Å². The van der Waals surface area contributed by atoms with E-state index in [-0.39, 0.29) is 17.4 Å². The summed E-state index contributed by atoms with van der Waals surface area (Å²) in [6, 6.07) is 22.2. The van der Waals surface area contributed by atoms with Crippen LogP contribution in [0.25, 0.3) is 6.08 Å². The summed E-state index contributed by atoms with van der Waals surface area (Å²) in [5.74, 6) is 0.0816. The number of methoxy groups -OCH3 is 1. The van der Waals surface area contributed by atoms with Gasteiger partial charge in [0.25, 0.3) is 5.91 Å². The number of hydrogen-bond acceptors (Lipinski definition) is 6. The van der Waals surface area contributed by atoms with E-state index < -0.39 is 5.97 Å². The van der Waals surface area contributed by atoms with Crippen molar-refractivity contribution in [2.75, 3.05) is 7.11 Å². The van der Waals surface area contributed by atoms with Crippen molar-refractivity contribution in [3.05, 3.63) is 100.0 Å². The summed E-state index contributed by atoms with van der Waals surface area (Å²) in [6.45, 7) is 8.32. The fourth-order valence-corrected chi connectivity index (χ4v) is 5.39. The molecule has 3 aromatic rings. The molecule has 1 aliphatic rings. The van der Waals surface area contributed by atoms with Gasteiger partial charge in [-0.2, -0.15) is 0 Å². The first-order valence-electron chi connectivity index (χ1n) is 11.9. The molecule has 0 radical (unpaired) electrons. The van der Waals surface area contributed by atoms with Crippen LogP contribution in [-0.2, 0) is 10.2 Å². The number of benzene rings is 3. The number of carbonyl (C=O) groups excluding carboxylic acids is 2. The number of ether oxygens (including phenoxy) is 2. The van der Waals surface area contributed by atoms with Gasteiger partial charge in [-0.25, -0.2) is 4.79 Å². The zero-order valence-electron chi connectivity index (χ0n) is 21.5. The van der Waals surface area contributed by atoms with Crippen LogP contribution in [-0.4, -0.2) is 28.2 Å². The average molecular weight is 532 g/mol. The highest BCUT2D eigenvalue weighted by molar-refractivity contribution is 8.26. The first-order chi connectivity index (χ1) is 17.6. The molecule has 1 aliphatic heterocycles. The van der Waals surface area contributed by atoms with Crippen LogP contribution in [0, 0.1) is 0 Å². The van der Waals surface area contributed by atoms with Crippen molar-refractivity contribution >= 4 is 46.3 Å². The molecule has 0 spiro atoms. The molecule has 190 valence electrons. The number of hydrogen-bond donors (Lipinski definition) is 0. The Labute approximate surface area is 227 Å². The van der Waals surface area contributed by atoms with Gasteiger partial charge in [0.2, 0.25) is 0 Å². The Morgan fingerprint density at radius 1 is 1.00 bits per heavy atom. The molecule has 1 saturated heterocycles. The number of esters is 1. The highest BCUT2D eigenvalue weighted by Gasteiger charge is 2.36. The molecule has 0 N–H and O–H groups in total. The van der Waals surface area contributed by atoms with E-state index in [4.69, 9.17) is 21.7 Å². The van der Waals surface area contributed by atoms with Gasteiger partial charge in [-0.3, -0.25) is 9.69 Å². The van der Waals surface area contributed by atoms with Gasteiger partial charge in [-0.1, -0.05) is 93.3 Å². The van der Waals surface area contributed by atoms with Gasteiger partial charge in [0.05, 0.1) is 23.6 Å². The summed E-state index contributed by atoms with van der Waals surface area (Å²) in [7, 11) is 1.51. The van der Waals surface area contributed by atoms with Crippen molar-refractivity contribution < 1.29 is 19.1 Å². The van der Waals surface area contributed by atoms with Crippen LogP contribution in [0.2, 0.25) is 0 Å². The van der Waals surface area contributed by atoms with Crippen LogP contribution in [0.4, 0.5) is 0 Å².